The predicted octanol–water partition coefficient (Wildman–Crippen LogP) is 4.94. The van der Waals surface area contributed by atoms with Crippen LogP contribution in [-0.4, -0.2) is 49.8 Å². The molecule has 2 heterocycles. The van der Waals surface area contributed by atoms with Crippen LogP contribution in [-0.2, 0) is 20.9 Å². The van der Waals surface area contributed by atoms with E-state index in [1.807, 2.05) is 24.3 Å². The Morgan fingerprint density at radius 1 is 1.05 bits per heavy atom. The molecule has 0 radical (unpaired) electrons. The van der Waals surface area contributed by atoms with Gasteiger partial charge in [0.2, 0.25) is 10.0 Å². The van der Waals surface area contributed by atoms with Gasteiger partial charge in [0.05, 0.1) is 23.0 Å². The summed E-state index contributed by atoms with van der Waals surface area (Å²) in [5.74, 6) is 0.137. The Hall–Kier alpha value is -2.40. The minimum absolute atomic E-state index is 0.00516. The van der Waals surface area contributed by atoms with E-state index in [4.69, 9.17) is 10.5 Å². The van der Waals surface area contributed by atoms with E-state index < -0.39 is 39.2 Å². The molecule has 2 aliphatic carbocycles. The number of anilines is 1. The molecule has 0 aromatic heterocycles. The van der Waals surface area contributed by atoms with Crippen molar-refractivity contribution in [1.82, 2.24) is 4.31 Å². The van der Waals surface area contributed by atoms with Gasteiger partial charge < -0.3 is 15.8 Å². The number of hydrogen-bond acceptors (Lipinski definition) is 5. The Balaban J connectivity index is 1.42. The van der Waals surface area contributed by atoms with Crippen LogP contribution in [0.15, 0.2) is 66.8 Å². The Kier molecular flexibility index (Phi) is 7.86. The van der Waals surface area contributed by atoms with Gasteiger partial charge in [0.25, 0.3) is 0 Å². The number of hydrogen-bond donors (Lipinski definition) is 2. The molecule has 0 bridgehead atoms. The molecule has 2 unspecified atom stereocenters. The van der Waals surface area contributed by atoms with E-state index in [0.29, 0.717) is 30.5 Å². The Bertz CT molecular complexity index is 1240. The van der Waals surface area contributed by atoms with Gasteiger partial charge in [-0.2, -0.15) is 17.5 Å². The first kappa shape index (κ1) is 27.2. The third-order valence-corrected chi connectivity index (χ3v) is 10.1. The van der Waals surface area contributed by atoms with Crippen molar-refractivity contribution < 1.29 is 26.3 Å². The standard InChI is InChI=1S/C28H34F3N3O3S/c29-28(30,31)20-11-14-25-24(17-20)27-23(26(33-25)19-7-3-1-4-8-19)13-12-21(37-27)18-34(16-15-32)38(35,36)22-9-5-2-6-10-22/h1-7,9,11,14,17,19,21-23,26-27,33H,8,10,12-13,15-16,18,32H2/t19?,21-,22?,23+,26+,27+/m1/s1. The Morgan fingerprint density at radius 2 is 1.82 bits per heavy atom. The molecule has 0 amide bonds. The lowest BCUT2D eigenvalue weighted by atomic mass is 9.73. The highest BCUT2D eigenvalue weighted by molar-refractivity contribution is 7.89. The maximum atomic E-state index is 13.6. The summed E-state index contributed by atoms with van der Waals surface area (Å²) in [4.78, 5) is 0. The second-order valence-corrected chi connectivity index (χ2v) is 12.5. The number of rotatable bonds is 7. The molecule has 1 saturated heterocycles. The van der Waals surface area contributed by atoms with Gasteiger partial charge in [0.15, 0.2) is 0 Å². The number of alkyl halides is 3. The van der Waals surface area contributed by atoms with E-state index >= 15 is 0 Å². The van der Waals surface area contributed by atoms with Crippen molar-refractivity contribution in [2.45, 2.75) is 55.4 Å². The molecule has 2 aliphatic heterocycles. The highest BCUT2D eigenvalue weighted by atomic mass is 32.2. The SMILES string of the molecule is NCCN(C[C@H]1CC[C@@H]2[C@H](O1)c1cc(C(F)(F)F)ccc1N[C@H]2C1C=CC=CC1)S(=O)(=O)C1C=CC=CC1. The molecule has 0 saturated carbocycles. The van der Waals surface area contributed by atoms with Crippen LogP contribution < -0.4 is 11.1 Å². The number of nitrogens with one attached hydrogen (secondary N) is 1. The Labute approximate surface area is 222 Å². The van der Waals surface area contributed by atoms with Crippen LogP contribution in [0.4, 0.5) is 18.9 Å². The molecule has 206 valence electrons. The average Bonchev–Trinajstić information content (AvgIpc) is 2.92. The zero-order valence-corrected chi connectivity index (χ0v) is 21.9. The number of benzene rings is 1. The van der Waals surface area contributed by atoms with Gasteiger partial charge in [-0.1, -0.05) is 48.6 Å². The van der Waals surface area contributed by atoms with E-state index in [0.717, 1.165) is 12.5 Å². The zero-order chi connectivity index (χ0) is 26.9. The lowest BCUT2D eigenvalue weighted by Crippen LogP contribution is -2.50. The largest absolute Gasteiger partial charge is 0.416 e. The third kappa shape index (κ3) is 5.50. The van der Waals surface area contributed by atoms with Gasteiger partial charge in [0, 0.05) is 48.8 Å². The number of allylic oxidation sites excluding steroid dienone is 6. The minimum atomic E-state index is -4.47. The van der Waals surface area contributed by atoms with Crippen LogP contribution in [0.2, 0.25) is 0 Å². The van der Waals surface area contributed by atoms with E-state index in [2.05, 4.69) is 17.5 Å². The van der Waals surface area contributed by atoms with Crippen LogP contribution in [0.3, 0.4) is 0 Å². The summed E-state index contributed by atoms with van der Waals surface area (Å²) < 4.78 is 75.6. The van der Waals surface area contributed by atoms with E-state index in [-0.39, 0.29) is 37.5 Å². The molecule has 10 heteroatoms. The summed E-state index contributed by atoms with van der Waals surface area (Å²) in [5, 5.41) is 2.85. The first-order valence-corrected chi connectivity index (χ1v) is 14.7. The smallest absolute Gasteiger partial charge is 0.381 e. The molecule has 1 fully saturated rings. The van der Waals surface area contributed by atoms with Gasteiger partial charge in [-0.05, 0) is 43.9 Å². The normalized spacial score (nSPS) is 30.7. The second kappa shape index (κ2) is 11.0. The molecule has 4 aliphatic rings. The van der Waals surface area contributed by atoms with Crippen molar-refractivity contribution in [2.24, 2.45) is 17.6 Å². The van der Waals surface area contributed by atoms with Crippen LogP contribution in [0.5, 0.6) is 0 Å². The molecule has 1 aromatic carbocycles. The molecule has 5 rings (SSSR count). The fraction of sp³-hybridized carbons (Fsp3) is 0.500. The maximum Gasteiger partial charge on any atom is 0.416 e. The van der Waals surface area contributed by atoms with Crippen molar-refractivity contribution >= 4 is 15.7 Å². The van der Waals surface area contributed by atoms with E-state index in [9.17, 15) is 21.6 Å². The fourth-order valence-corrected chi connectivity index (χ4v) is 7.82. The Morgan fingerprint density at radius 3 is 2.47 bits per heavy atom. The van der Waals surface area contributed by atoms with E-state index in [1.54, 1.807) is 12.2 Å². The topological polar surface area (TPSA) is 84.7 Å². The highest BCUT2D eigenvalue weighted by Crippen LogP contribution is 2.49. The summed E-state index contributed by atoms with van der Waals surface area (Å²) >= 11 is 0. The van der Waals surface area contributed by atoms with Gasteiger partial charge in [-0.25, -0.2) is 8.42 Å². The molecule has 0 spiro atoms. The minimum Gasteiger partial charge on any atom is -0.381 e. The molecule has 3 N–H and O–H groups in total. The summed E-state index contributed by atoms with van der Waals surface area (Å²) in [7, 11) is -3.67. The number of sulfonamides is 1. The number of halogens is 3. The zero-order valence-electron chi connectivity index (χ0n) is 21.1. The summed E-state index contributed by atoms with van der Waals surface area (Å²) in [6.07, 6.45) is 12.3. The van der Waals surface area contributed by atoms with Crippen LogP contribution in [0.25, 0.3) is 0 Å². The lowest BCUT2D eigenvalue weighted by Gasteiger charge is -2.48. The van der Waals surface area contributed by atoms with E-state index in [1.165, 1.54) is 16.4 Å². The second-order valence-electron chi connectivity index (χ2n) is 10.4. The molecule has 38 heavy (non-hydrogen) atoms. The van der Waals surface area contributed by atoms with Gasteiger partial charge in [0.1, 0.15) is 0 Å². The van der Waals surface area contributed by atoms with Crippen LogP contribution in [0, 0.1) is 11.8 Å². The van der Waals surface area contributed by atoms with Gasteiger partial charge in [-0.15, -0.1) is 0 Å². The highest BCUT2D eigenvalue weighted by Gasteiger charge is 2.46. The third-order valence-electron chi connectivity index (χ3n) is 7.96. The van der Waals surface area contributed by atoms with Crippen molar-refractivity contribution in [3.05, 3.63) is 77.9 Å². The van der Waals surface area contributed by atoms with Crippen LogP contribution in [0.1, 0.15) is 42.9 Å². The number of fused-ring (bicyclic) bond motifs is 3. The lowest BCUT2D eigenvalue weighted by molar-refractivity contribution is -0.138. The van der Waals surface area contributed by atoms with Crippen molar-refractivity contribution in [2.75, 3.05) is 25.0 Å². The van der Waals surface area contributed by atoms with Crippen molar-refractivity contribution in [3.8, 4) is 0 Å². The first-order valence-electron chi connectivity index (χ1n) is 13.2. The van der Waals surface area contributed by atoms with Crippen LogP contribution >= 0.6 is 0 Å². The summed E-state index contributed by atoms with van der Waals surface area (Å²) in [6.45, 7) is 0.438. The molecule has 1 aromatic rings. The van der Waals surface area contributed by atoms with Crippen molar-refractivity contribution in [1.29, 1.82) is 0 Å². The van der Waals surface area contributed by atoms with Gasteiger partial charge >= 0.3 is 6.18 Å². The number of ether oxygens (including phenoxy) is 1. The first-order chi connectivity index (χ1) is 18.2. The monoisotopic (exact) mass is 549 g/mol. The number of nitrogens with zero attached hydrogens (tertiary/aromatic N) is 1. The predicted molar refractivity (Wildman–Crippen MR) is 142 cm³/mol. The van der Waals surface area contributed by atoms with Gasteiger partial charge in [-0.3, -0.25) is 0 Å². The average molecular weight is 550 g/mol. The quantitative estimate of drug-likeness (QED) is 0.503. The van der Waals surface area contributed by atoms with Crippen molar-refractivity contribution in [3.63, 3.8) is 0 Å². The summed E-state index contributed by atoms with van der Waals surface area (Å²) in [6, 6.07) is 3.77. The fourth-order valence-electron chi connectivity index (χ4n) is 6.06. The maximum absolute atomic E-state index is 13.6. The molecular weight excluding hydrogens is 515 g/mol. The number of nitrogens with two attached hydrogens (primary N) is 1. The molecule has 6 nitrogen and oxygen atoms in total. The summed E-state index contributed by atoms with van der Waals surface area (Å²) in [5.41, 5.74) is 6.18. The molecule has 6 atom stereocenters. The molecular formula is C28H34F3N3O3S.